The first-order valence-corrected chi connectivity index (χ1v) is 11.8. The molecule has 0 saturated carbocycles. The molecule has 2 heterocycles. The van der Waals surface area contributed by atoms with E-state index in [2.05, 4.69) is 70.3 Å². The van der Waals surface area contributed by atoms with Crippen LogP contribution >= 0.6 is 11.3 Å². The maximum absolute atomic E-state index is 13.5. The molecule has 0 aliphatic carbocycles. The van der Waals surface area contributed by atoms with Crippen LogP contribution in [0.5, 0.6) is 0 Å². The molecule has 0 fully saturated rings. The highest BCUT2D eigenvalue weighted by atomic mass is 32.1. The van der Waals surface area contributed by atoms with Gasteiger partial charge in [-0.1, -0.05) is 57.5 Å². The van der Waals surface area contributed by atoms with E-state index in [1.807, 2.05) is 4.90 Å². The summed E-state index contributed by atoms with van der Waals surface area (Å²) in [6, 6.07) is 10.5. The zero-order valence-corrected chi connectivity index (χ0v) is 19.7. The quantitative estimate of drug-likeness (QED) is 0.636. The Hall–Kier alpha value is -2.14. The van der Waals surface area contributed by atoms with Crippen LogP contribution in [0.2, 0.25) is 0 Å². The fourth-order valence-electron chi connectivity index (χ4n) is 4.07. The lowest BCUT2D eigenvalue weighted by Crippen LogP contribution is -2.47. The average Bonchev–Trinajstić information content (AvgIpc) is 3.15. The molecule has 0 bridgehead atoms. The van der Waals surface area contributed by atoms with Gasteiger partial charge in [-0.3, -0.25) is 9.59 Å². The average molecular weight is 427 g/mol. The molecule has 2 aromatic rings. The Morgan fingerprint density at radius 2 is 1.87 bits per heavy atom. The molecule has 0 saturated heterocycles. The van der Waals surface area contributed by atoms with Crippen molar-refractivity contribution in [1.29, 1.82) is 0 Å². The van der Waals surface area contributed by atoms with Gasteiger partial charge < -0.3 is 9.80 Å². The van der Waals surface area contributed by atoms with Gasteiger partial charge in [0.25, 0.3) is 0 Å². The standard InChI is InChI=1S/C25H34N2O2S/c1-6-13-26(22(28)16-25(3,4)5)17-23(29)27-14-11-21-20(12-15-30-21)24(27)19-9-7-18(2)8-10-19/h7-10,12,15,24H,6,11,13-14,16-17H2,1-5H3/t24-/m0/s1. The SMILES string of the molecule is CCCN(CC(=O)N1CCc2sccc2[C@@H]1c1ccc(C)cc1)C(=O)CC(C)(C)C. The largest absolute Gasteiger partial charge is 0.333 e. The molecular weight excluding hydrogens is 392 g/mol. The van der Waals surface area contributed by atoms with Crippen LogP contribution in [-0.2, 0) is 16.0 Å². The fourth-order valence-corrected chi connectivity index (χ4v) is 4.98. The van der Waals surface area contributed by atoms with Crippen LogP contribution in [0.3, 0.4) is 0 Å². The monoisotopic (exact) mass is 426 g/mol. The van der Waals surface area contributed by atoms with Crippen LogP contribution in [0, 0.1) is 12.3 Å². The molecule has 1 atom stereocenters. The number of benzene rings is 1. The van der Waals surface area contributed by atoms with E-state index < -0.39 is 0 Å². The minimum Gasteiger partial charge on any atom is -0.333 e. The molecular formula is C25H34N2O2S. The maximum Gasteiger partial charge on any atom is 0.242 e. The van der Waals surface area contributed by atoms with Gasteiger partial charge >= 0.3 is 0 Å². The third-order valence-corrected chi connectivity index (χ3v) is 6.53. The third-order valence-electron chi connectivity index (χ3n) is 5.53. The summed E-state index contributed by atoms with van der Waals surface area (Å²) < 4.78 is 0. The Kier molecular flexibility index (Phi) is 7.02. The van der Waals surface area contributed by atoms with Gasteiger partial charge in [-0.05, 0) is 47.8 Å². The van der Waals surface area contributed by atoms with E-state index in [0.29, 0.717) is 19.5 Å². The summed E-state index contributed by atoms with van der Waals surface area (Å²) in [5.74, 6) is 0.103. The first kappa shape index (κ1) is 22.5. The van der Waals surface area contributed by atoms with Gasteiger partial charge in [-0.25, -0.2) is 0 Å². The summed E-state index contributed by atoms with van der Waals surface area (Å²) in [4.78, 5) is 31.4. The Balaban J connectivity index is 1.85. The topological polar surface area (TPSA) is 40.6 Å². The molecule has 1 aliphatic heterocycles. The number of hydrogen-bond acceptors (Lipinski definition) is 3. The summed E-state index contributed by atoms with van der Waals surface area (Å²) >= 11 is 1.77. The number of hydrogen-bond donors (Lipinski definition) is 0. The molecule has 0 unspecified atom stereocenters. The summed E-state index contributed by atoms with van der Waals surface area (Å²) in [5, 5.41) is 2.12. The van der Waals surface area contributed by atoms with Gasteiger partial charge in [0.2, 0.25) is 11.8 Å². The van der Waals surface area contributed by atoms with Crippen molar-refractivity contribution < 1.29 is 9.59 Å². The van der Waals surface area contributed by atoms with Crippen molar-refractivity contribution in [2.45, 2.75) is 59.9 Å². The van der Waals surface area contributed by atoms with Crippen molar-refractivity contribution in [3.8, 4) is 0 Å². The van der Waals surface area contributed by atoms with Crippen LogP contribution in [-0.4, -0.2) is 41.2 Å². The Morgan fingerprint density at radius 3 is 2.50 bits per heavy atom. The van der Waals surface area contributed by atoms with Crippen molar-refractivity contribution in [3.63, 3.8) is 0 Å². The lowest BCUT2D eigenvalue weighted by molar-refractivity contribution is -0.142. The molecule has 162 valence electrons. The molecule has 1 aromatic carbocycles. The molecule has 5 heteroatoms. The number of aryl methyl sites for hydroxylation is 1. The molecule has 1 aliphatic rings. The first-order valence-electron chi connectivity index (χ1n) is 10.9. The van der Waals surface area contributed by atoms with Crippen LogP contribution in [0.15, 0.2) is 35.7 Å². The highest BCUT2D eigenvalue weighted by Gasteiger charge is 2.34. The van der Waals surface area contributed by atoms with E-state index in [1.165, 1.54) is 16.0 Å². The number of thiophene rings is 1. The third kappa shape index (κ3) is 5.31. The van der Waals surface area contributed by atoms with Crippen molar-refractivity contribution in [2.75, 3.05) is 19.6 Å². The predicted molar refractivity (Wildman–Crippen MR) is 124 cm³/mol. The Labute approximate surface area is 184 Å². The van der Waals surface area contributed by atoms with Gasteiger partial charge in [-0.15, -0.1) is 11.3 Å². The zero-order chi connectivity index (χ0) is 21.9. The summed E-state index contributed by atoms with van der Waals surface area (Å²) in [6.45, 7) is 11.8. The Morgan fingerprint density at radius 1 is 1.17 bits per heavy atom. The second-order valence-electron chi connectivity index (χ2n) is 9.50. The van der Waals surface area contributed by atoms with E-state index in [4.69, 9.17) is 0 Å². The van der Waals surface area contributed by atoms with Gasteiger partial charge in [0.1, 0.15) is 0 Å². The molecule has 0 radical (unpaired) electrons. The van der Waals surface area contributed by atoms with Gasteiger partial charge in [0.15, 0.2) is 0 Å². The predicted octanol–water partition coefficient (Wildman–Crippen LogP) is 5.21. The molecule has 3 rings (SSSR count). The summed E-state index contributed by atoms with van der Waals surface area (Å²) in [5.41, 5.74) is 3.48. The number of fused-ring (bicyclic) bond motifs is 1. The first-order chi connectivity index (χ1) is 14.2. The van der Waals surface area contributed by atoms with Gasteiger partial charge in [0.05, 0.1) is 12.6 Å². The number of nitrogens with zero attached hydrogens (tertiary/aromatic N) is 2. The number of amides is 2. The number of rotatable bonds is 6. The minimum atomic E-state index is -0.0900. The van der Waals surface area contributed by atoms with E-state index >= 15 is 0 Å². The maximum atomic E-state index is 13.5. The number of carbonyl (C=O) groups excluding carboxylic acids is 2. The van der Waals surface area contributed by atoms with Crippen LogP contribution in [0.25, 0.3) is 0 Å². The van der Waals surface area contributed by atoms with Crippen molar-refractivity contribution >= 4 is 23.2 Å². The van der Waals surface area contributed by atoms with Crippen LogP contribution in [0.1, 0.15) is 68.1 Å². The second-order valence-corrected chi connectivity index (χ2v) is 10.5. The van der Waals surface area contributed by atoms with Gasteiger partial charge in [-0.2, -0.15) is 0 Å². The normalized spacial score (nSPS) is 16.3. The smallest absolute Gasteiger partial charge is 0.242 e. The summed E-state index contributed by atoms with van der Waals surface area (Å²) in [7, 11) is 0. The van der Waals surface area contributed by atoms with E-state index in [0.717, 1.165) is 18.4 Å². The zero-order valence-electron chi connectivity index (χ0n) is 18.9. The fraction of sp³-hybridized carbons (Fsp3) is 0.520. The molecule has 0 spiro atoms. The van der Waals surface area contributed by atoms with Crippen molar-refractivity contribution in [3.05, 3.63) is 57.3 Å². The van der Waals surface area contributed by atoms with E-state index in [1.54, 1.807) is 16.2 Å². The Bertz CT molecular complexity index is 879. The van der Waals surface area contributed by atoms with E-state index in [9.17, 15) is 9.59 Å². The van der Waals surface area contributed by atoms with Crippen LogP contribution in [0.4, 0.5) is 0 Å². The molecule has 1 aromatic heterocycles. The van der Waals surface area contributed by atoms with Gasteiger partial charge in [0, 0.05) is 24.4 Å². The second kappa shape index (κ2) is 9.34. The lowest BCUT2D eigenvalue weighted by Gasteiger charge is -2.38. The van der Waals surface area contributed by atoms with Crippen molar-refractivity contribution in [1.82, 2.24) is 9.80 Å². The van der Waals surface area contributed by atoms with E-state index in [-0.39, 0.29) is 29.8 Å². The molecule has 2 amide bonds. The molecule has 4 nitrogen and oxygen atoms in total. The molecule has 0 N–H and O–H groups in total. The van der Waals surface area contributed by atoms with Crippen molar-refractivity contribution in [2.24, 2.45) is 5.41 Å². The van der Waals surface area contributed by atoms with Crippen LogP contribution < -0.4 is 0 Å². The number of carbonyl (C=O) groups is 2. The summed E-state index contributed by atoms with van der Waals surface area (Å²) in [6.07, 6.45) is 2.18. The molecule has 30 heavy (non-hydrogen) atoms. The highest BCUT2D eigenvalue weighted by Crippen LogP contribution is 2.38. The lowest BCUT2D eigenvalue weighted by atomic mass is 9.91. The minimum absolute atomic E-state index is 0.0353. The highest BCUT2D eigenvalue weighted by molar-refractivity contribution is 7.10.